The molecule has 2 heterocycles. The van der Waals surface area contributed by atoms with E-state index >= 15 is 0 Å². The molecule has 1 aromatic carbocycles. The Bertz CT molecular complexity index is 780. The molecule has 0 unspecified atom stereocenters. The summed E-state index contributed by atoms with van der Waals surface area (Å²) in [6.45, 7) is 1.97. The van der Waals surface area contributed by atoms with Crippen molar-refractivity contribution >= 4 is 23.2 Å². The van der Waals surface area contributed by atoms with Crippen molar-refractivity contribution in [1.82, 2.24) is 10.3 Å². The van der Waals surface area contributed by atoms with Crippen LogP contribution in [0.1, 0.15) is 24.0 Å². The van der Waals surface area contributed by atoms with Crippen molar-refractivity contribution in [2.45, 2.75) is 19.4 Å². The maximum Gasteiger partial charge on any atom is 0.223 e. The number of aromatic nitrogens is 1. The number of halogens is 1. The average molecular weight is 355 g/mol. The van der Waals surface area contributed by atoms with E-state index in [0.717, 1.165) is 37.2 Å². The van der Waals surface area contributed by atoms with Crippen LogP contribution in [-0.2, 0) is 11.3 Å². The van der Waals surface area contributed by atoms with E-state index in [1.165, 1.54) is 0 Å². The molecule has 1 N–H and O–H groups in total. The zero-order valence-corrected chi connectivity index (χ0v) is 14.5. The first-order valence-corrected chi connectivity index (χ1v) is 8.66. The Morgan fingerprint density at radius 1 is 1.36 bits per heavy atom. The van der Waals surface area contributed by atoms with Gasteiger partial charge in [0.05, 0.1) is 11.3 Å². The minimum atomic E-state index is -0.00218. The van der Waals surface area contributed by atoms with Gasteiger partial charge in [-0.15, -0.1) is 0 Å². The highest BCUT2D eigenvalue weighted by Gasteiger charge is 2.26. The second kappa shape index (κ2) is 8.00. The summed E-state index contributed by atoms with van der Waals surface area (Å²) in [5.41, 5.74) is 2.46. The van der Waals surface area contributed by atoms with Gasteiger partial charge >= 0.3 is 0 Å². The minimum absolute atomic E-state index is 0.00218. The fraction of sp³-hybridized carbons (Fsp3) is 0.316. The average Bonchev–Trinajstić information content (AvgIpc) is 2.67. The molecule has 0 aliphatic carbocycles. The normalized spacial score (nSPS) is 14.8. The highest BCUT2D eigenvalue weighted by molar-refractivity contribution is 6.30. The molecule has 1 aliphatic rings. The first-order chi connectivity index (χ1) is 12.2. The molecule has 25 heavy (non-hydrogen) atoms. The van der Waals surface area contributed by atoms with Gasteiger partial charge in [0.15, 0.2) is 0 Å². The highest BCUT2D eigenvalue weighted by atomic mass is 35.5. The Kier molecular flexibility index (Phi) is 5.52. The van der Waals surface area contributed by atoms with Crippen molar-refractivity contribution in [3.05, 3.63) is 58.9 Å². The fourth-order valence-electron chi connectivity index (χ4n) is 3.08. The van der Waals surface area contributed by atoms with Crippen LogP contribution < -0.4 is 10.2 Å². The maximum atomic E-state index is 12.4. The summed E-state index contributed by atoms with van der Waals surface area (Å²) >= 11 is 6.07. The van der Waals surface area contributed by atoms with E-state index in [-0.39, 0.29) is 11.8 Å². The molecule has 1 amide bonds. The highest BCUT2D eigenvalue weighted by Crippen LogP contribution is 2.28. The summed E-state index contributed by atoms with van der Waals surface area (Å²) in [6.07, 6.45) is 4.99. The van der Waals surface area contributed by atoms with E-state index in [1.807, 2.05) is 18.2 Å². The second-order valence-corrected chi connectivity index (χ2v) is 6.55. The number of pyridine rings is 1. The lowest BCUT2D eigenvalue weighted by Crippen LogP contribution is -2.40. The summed E-state index contributed by atoms with van der Waals surface area (Å²) < 4.78 is 0. The van der Waals surface area contributed by atoms with E-state index in [0.29, 0.717) is 17.1 Å². The molecule has 5 nitrogen and oxygen atoms in total. The van der Waals surface area contributed by atoms with Crippen LogP contribution in [0.15, 0.2) is 42.7 Å². The predicted molar refractivity (Wildman–Crippen MR) is 97.2 cm³/mol. The molecule has 3 rings (SSSR count). The number of hydrogen-bond acceptors (Lipinski definition) is 4. The van der Waals surface area contributed by atoms with Crippen LogP contribution in [0, 0.1) is 17.2 Å². The molecular formula is C19H19ClN4O. The Labute approximate surface area is 152 Å². The summed E-state index contributed by atoms with van der Waals surface area (Å²) in [7, 11) is 0. The molecule has 2 aromatic rings. The van der Waals surface area contributed by atoms with Crippen LogP contribution in [0.4, 0.5) is 5.69 Å². The molecule has 128 valence electrons. The zero-order chi connectivity index (χ0) is 17.6. The Morgan fingerprint density at radius 3 is 2.84 bits per heavy atom. The number of nitrogens with one attached hydrogen (secondary N) is 1. The number of anilines is 1. The van der Waals surface area contributed by atoms with Crippen molar-refractivity contribution in [3.8, 4) is 6.07 Å². The number of nitrogens with zero attached hydrogens (tertiary/aromatic N) is 3. The molecule has 1 saturated heterocycles. The van der Waals surface area contributed by atoms with E-state index in [9.17, 15) is 10.1 Å². The van der Waals surface area contributed by atoms with Crippen LogP contribution >= 0.6 is 11.6 Å². The van der Waals surface area contributed by atoms with E-state index < -0.39 is 0 Å². The Morgan fingerprint density at radius 2 is 2.16 bits per heavy atom. The van der Waals surface area contributed by atoms with Crippen LogP contribution in [0.5, 0.6) is 0 Å². The number of nitriles is 1. The molecule has 0 bridgehead atoms. The molecule has 1 fully saturated rings. The third-order valence-electron chi connectivity index (χ3n) is 4.48. The fourth-order valence-corrected chi connectivity index (χ4v) is 3.25. The van der Waals surface area contributed by atoms with Crippen LogP contribution in [0.25, 0.3) is 0 Å². The quantitative estimate of drug-likeness (QED) is 0.915. The van der Waals surface area contributed by atoms with Gasteiger partial charge in [-0.2, -0.15) is 5.26 Å². The predicted octanol–water partition coefficient (Wildman–Crippen LogP) is 3.14. The summed E-state index contributed by atoms with van der Waals surface area (Å²) in [4.78, 5) is 18.5. The molecule has 6 heteroatoms. The first-order valence-electron chi connectivity index (χ1n) is 8.28. The number of rotatable bonds is 4. The van der Waals surface area contributed by atoms with E-state index in [4.69, 9.17) is 11.6 Å². The van der Waals surface area contributed by atoms with Crippen molar-refractivity contribution in [3.63, 3.8) is 0 Å². The van der Waals surface area contributed by atoms with Crippen LogP contribution in [-0.4, -0.2) is 24.0 Å². The van der Waals surface area contributed by atoms with Gasteiger partial charge in [-0.3, -0.25) is 9.78 Å². The van der Waals surface area contributed by atoms with Crippen molar-refractivity contribution in [2.75, 3.05) is 18.0 Å². The number of carbonyl (C=O) groups excluding carboxylic acids is 1. The Balaban J connectivity index is 1.56. The smallest absolute Gasteiger partial charge is 0.223 e. The third-order valence-corrected chi connectivity index (χ3v) is 4.71. The van der Waals surface area contributed by atoms with Crippen LogP contribution in [0.3, 0.4) is 0 Å². The second-order valence-electron chi connectivity index (χ2n) is 6.11. The first kappa shape index (κ1) is 17.2. The van der Waals surface area contributed by atoms with E-state index in [2.05, 4.69) is 21.3 Å². The Hall–Kier alpha value is -2.58. The molecule has 1 aliphatic heterocycles. The SMILES string of the molecule is N#Cc1ccc(Cl)cc1N1CCC(C(=O)NCc2cccnc2)CC1. The summed E-state index contributed by atoms with van der Waals surface area (Å²) in [5, 5.41) is 12.9. The van der Waals surface area contributed by atoms with Crippen molar-refractivity contribution in [2.24, 2.45) is 5.92 Å². The van der Waals surface area contributed by atoms with Gasteiger partial charge in [0.2, 0.25) is 5.91 Å². The molecule has 0 atom stereocenters. The molecule has 0 spiro atoms. The van der Waals surface area contributed by atoms with Gasteiger partial charge in [0, 0.05) is 43.0 Å². The lowest BCUT2D eigenvalue weighted by atomic mass is 9.95. The lowest BCUT2D eigenvalue weighted by Gasteiger charge is -2.33. The monoisotopic (exact) mass is 354 g/mol. The number of carbonyl (C=O) groups is 1. The third kappa shape index (κ3) is 4.28. The number of hydrogen-bond donors (Lipinski definition) is 1. The molecule has 1 aromatic heterocycles. The zero-order valence-electron chi connectivity index (χ0n) is 13.8. The van der Waals surface area contributed by atoms with Crippen molar-refractivity contribution < 1.29 is 4.79 Å². The van der Waals surface area contributed by atoms with Gasteiger partial charge < -0.3 is 10.2 Å². The number of amides is 1. The maximum absolute atomic E-state index is 12.4. The largest absolute Gasteiger partial charge is 0.370 e. The molecular weight excluding hydrogens is 336 g/mol. The lowest BCUT2D eigenvalue weighted by molar-refractivity contribution is -0.125. The minimum Gasteiger partial charge on any atom is -0.370 e. The van der Waals surface area contributed by atoms with Crippen LogP contribution in [0.2, 0.25) is 5.02 Å². The number of piperidine rings is 1. The van der Waals surface area contributed by atoms with Gasteiger partial charge in [-0.05, 0) is 42.7 Å². The van der Waals surface area contributed by atoms with Gasteiger partial charge in [0.25, 0.3) is 0 Å². The molecule has 0 radical (unpaired) electrons. The van der Waals surface area contributed by atoms with Gasteiger partial charge in [-0.1, -0.05) is 17.7 Å². The molecule has 0 saturated carbocycles. The standard InChI is InChI=1S/C19H19ClN4O/c20-17-4-3-16(11-21)18(10-17)24-8-5-15(6-9-24)19(25)23-13-14-2-1-7-22-12-14/h1-4,7,10,12,15H,5-6,8-9,13H2,(H,23,25). The van der Waals surface area contributed by atoms with Gasteiger partial charge in [0.1, 0.15) is 6.07 Å². The van der Waals surface area contributed by atoms with E-state index in [1.54, 1.807) is 24.5 Å². The number of benzene rings is 1. The summed E-state index contributed by atoms with van der Waals surface area (Å²) in [5.74, 6) is 0.0766. The topological polar surface area (TPSA) is 69.0 Å². The summed E-state index contributed by atoms with van der Waals surface area (Å²) in [6, 6.07) is 11.3. The van der Waals surface area contributed by atoms with Gasteiger partial charge in [-0.25, -0.2) is 0 Å². The van der Waals surface area contributed by atoms with Crippen molar-refractivity contribution in [1.29, 1.82) is 5.26 Å².